The van der Waals surface area contributed by atoms with Gasteiger partial charge in [0, 0.05) is 12.1 Å². The molecule has 1 aromatic heterocycles. The average Bonchev–Trinajstić information content (AvgIpc) is 3.14. The highest BCUT2D eigenvalue weighted by Crippen LogP contribution is 2.12. The Kier molecular flexibility index (Phi) is 9.54. The number of aryl methyl sites for hydroxylation is 1. The number of amides is 2. The van der Waals surface area contributed by atoms with Gasteiger partial charge in [-0.05, 0) is 46.1 Å². The van der Waals surface area contributed by atoms with Gasteiger partial charge in [0.1, 0.15) is 12.3 Å². The fourth-order valence-electron chi connectivity index (χ4n) is 3.53. The lowest BCUT2D eigenvalue weighted by atomic mass is 10.1. The minimum atomic E-state index is -0.272. The number of carbonyl (C=O) groups is 2. The highest BCUT2D eigenvalue weighted by Gasteiger charge is 2.23. The van der Waals surface area contributed by atoms with Crippen molar-refractivity contribution in [2.75, 3.05) is 31.5 Å². The van der Waals surface area contributed by atoms with Gasteiger partial charge in [-0.25, -0.2) is 0 Å². The molecule has 1 aromatic carbocycles. The number of carbonyl (C=O) groups excluding carboxylic acids is 2. The number of anilines is 1. The SMILES string of the molecule is CC[NH+](CC)CCC[C@H](C)N(CC(=O)Nc1cc(C)on1)C(=O)Cc1ccccc1. The van der Waals surface area contributed by atoms with E-state index in [2.05, 4.69) is 24.3 Å². The molecule has 1 atom stereocenters. The molecule has 7 heteroatoms. The van der Waals surface area contributed by atoms with Crippen molar-refractivity contribution in [3.63, 3.8) is 0 Å². The van der Waals surface area contributed by atoms with Crippen LogP contribution in [0.1, 0.15) is 44.9 Å². The van der Waals surface area contributed by atoms with Crippen molar-refractivity contribution in [2.45, 2.75) is 53.0 Å². The number of nitrogens with one attached hydrogen (secondary N) is 2. The van der Waals surface area contributed by atoms with Crippen LogP contribution in [0, 0.1) is 6.92 Å². The molecule has 30 heavy (non-hydrogen) atoms. The topological polar surface area (TPSA) is 79.9 Å². The number of quaternary nitrogens is 1. The van der Waals surface area contributed by atoms with Crippen molar-refractivity contribution in [2.24, 2.45) is 0 Å². The van der Waals surface area contributed by atoms with Gasteiger partial charge in [0.25, 0.3) is 0 Å². The van der Waals surface area contributed by atoms with Crippen LogP contribution in [0.2, 0.25) is 0 Å². The Bertz CT molecular complexity index is 787. The van der Waals surface area contributed by atoms with Gasteiger partial charge in [-0.2, -0.15) is 0 Å². The molecule has 164 valence electrons. The summed E-state index contributed by atoms with van der Waals surface area (Å²) < 4.78 is 4.99. The lowest BCUT2D eigenvalue weighted by Gasteiger charge is -2.29. The summed E-state index contributed by atoms with van der Waals surface area (Å²) >= 11 is 0. The van der Waals surface area contributed by atoms with Crippen molar-refractivity contribution in [3.05, 3.63) is 47.7 Å². The molecule has 0 aliphatic heterocycles. The monoisotopic (exact) mass is 415 g/mol. The van der Waals surface area contributed by atoms with Crippen LogP contribution in [0.25, 0.3) is 0 Å². The van der Waals surface area contributed by atoms with Crippen molar-refractivity contribution >= 4 is 17.6 Å². The fraction of sp³-hybridized carbons (Fsp3) is 0.522. The van der Waals surface area contributed by atoms with E-state index >= 15 is 0 Å². The van der Waals surface area contributed by atoms with Crippen LogP contribution >= 0.6 is 0 Å². The van der Waals surface area contributed by atoms with Crippen molar-refractivity contribution in [3.8, 4) is 0 Å². The first-order valence-electron chi connectivity index (χ1n) is 10.8. The third-order valence-corrected chi connectivity index (χ3v) is 5.41. The predicted molar refractivity (Wildman–Crippen MR) is 117 cm³/mol. The summed E-state index contributed by atoms with van der Waals surface area (Å²) in [5.41, 5.74) is 0.944. The van der Waals surface area contributed by atoms with E-state index in [0.717, 1.165) is 38.0 Å². The van der Waals surface area contributed by atoms with Crippen LogP contribution in [-0.4, -0.2) is 54.1 Å². The zero-order valence-electron chi connectivity index (χ0n) is 18.6. The zero-order valence-corrected chi connectivity index (χ0v) is 18.6. The van der Waals surface area contributed by atoms with Crippen molar-refractivity contribution in [1.29, 1.82) is 0 Å². The molecule has 0 bridgehead atoms. The maximum absolute atomic E-state index is 13.1. The highest BCUT2D eigenvalue weighted by molar-refractivity contribution is 5.94. The Morgan fingerprint density at radius 1 is 1.20 bits per heavy atom. The van der Waals surface area contributed by atoms with E-state index in [1.807, 2.05) is 37.3 Å². The summed E-state index contributed by atoms with van der Waals surface area (Å²) in [6.45, 7) is 11.4. The van der Waals surface area contributed by atoms with E-state index in [1.54, 1.807) is 22.8 Å². The van der Waals surface area contributed by atoms with Gasteiger partial charge in [-0.15, -0.1) is 0 Å². The van der Waals surface area contributed by atoms with Gasteiger partial charge in [-0.3, -0.25) is 9.59 Å². The zero-order chi connectivity index (χ0) is 21.9. The average molecular weight is 416 g/mol. The molecule has 0 saturated carbocycles. The number of benzene rings is 1. The standard InChI is InChI=1S/C23H34N4O3/c1-5-26(6-2)14-10-11-18(3)27(23(29)16-20-12-8-7-9-13-20)17-22(28)24-21-15-19(4)30-25-21/h7-9,12-13,15,18H,5-6,10-11,14,16-17H2,1-4H3,(H,24,25,28)/p+1/t18-/m0/s1. The summed E-state index contributed by atoms with van der Waals surface area (Å²) in [5.74, 6) is 0.668. The predicted octanol–water partition coefficient (Wildman–Crippen LogP) is 2.09. The van der Waals surface area contributed by atoms with Crippen molar-refractivity contribution in [1.82, 2.24) is 10.1 Å². The van der Waals surface area contributed by atoms with E-state index in [0.29, 0.717) is 11.6 Å². The summed E-state index contributed by atoms with van der Waals surface area (Å²) in [5, 5.41) is 6.51. The quantitative estimate of drug-likeness (QED) is 0.556. The molecular formula is C23H35N4O3+. The summed E-state index contributed by atoms with van der Waals surface area (Å²) in [6, 6.07) is 11.3. The molecule has 2 rings (SSSR count). The second-order valence-corrected chi connectivity index (χ2v) is 7.75. The van der Waals surface area contributed by atoms with Crippen LogP contribution < -0.4 is 10.2 Å². The van der Waals surface area contributed by atoms with Crippen LogP contribution in [0.15, 0.2) is 40.9 Å². The first-order valence-corrected chi connectivity index (χ1v) is 10.8. The minimum absolute atomic E-state index is 0.00311. The molecule has 0 aliphatic carbocycles. The van der Waals surface area contributed by atoms with E-state index in [4.69, 9.17) is 4.52 Å². The molecule has 7 nitrogen and oxygen atoms in total. The van der Waals surface area contributed by atoms with E-state index in [-0.39, 0.29) is 30.8 Å². The maximum Gasteiger partial charge on any atom is 0.245 e. The minimum Gasteiger partial charge on any atom is -0.360 e. The molecule has 0 spiro atoms. The smallest absolute Gasteiger partial charge is 0.245 e. The molecule has 0 radical (unpaired) electrons. The van der Waals surface area contributed by atoms with Gasteiger partial charge >= 0.3 is 0 Å². The van der Waals surface area contributed by atoms with Crippen LogP contribution in [0.3, 0.4) is 0 Å². The van der Waals surface area contributed by atoms with Gasteiger partial charge in [0.15, 0.2) is 5.82 Å². The number of hydrogen-bond donors (Lipinski definition) is 2. The van der Waals surface area contributed by atoms with Gasteiger partial charge in [0.05, 0.1) is 26.1 Å². The Morgan fingerprint density at radius 2 is 1.90 bits per heavy atom. The molecule has 0 saturated heterocycles. The van der Waals surface area contributed by atoms with E-state index < -0.39 is 0 Å². The fourth-order valence-corrected chi connectivity index (χ4v) is 3.53. The Hall–Kier alpha value is -2.67. The van der Waals surface area contributed by atoms with Crippen LogP contribution in [0.5, 0.6) is 0 Å². The first kappa shape index (κ1) is 23.6. The molecule has 2 aromatic rings. The molecule has 0 unspecified atom stereocenters. The van der Waals surface area contributed by atoms with Crippen LogP contribution in [0.4, 0.5) is 5.82 Å². The van der Waals surface area contributed by atoms with E-state index in [9.17, 15) is 9.59 Å². The van der Waals surface area contributed by atoms with Gasteiger partial charge < -0.3 is 19.6 Å². The maximum atomic E-state index is 13.1. The van der Waals surface area contributed by atoms with Crippen LogP contribution in [-0.2, 0) is 16.0 Å². The Balaban J connectivity index is 2.02. The molecule has 2 amide bonds. The molecule has 1 heterocycles. The molecule has 0 fully saturated rings. The Labute approximate surface area is 179 Å². The molecule has 2 N–H and O–H groups in total. The number of hydrogen-bond acceptors (Lipinski definition) is 4. The summed E-state index contributed by atoms with van der Waals surface area (Å²) in [6.07, 6.45) is 2.15. The van der Waals surface area contributed by atoms with E-state index in [1.165, 1.54) is 0 Å². The normalized spacial score (nSPS) is 12.0. The summed E-state index contributed by atoms with van der Waals surface area (Å²) in [7, 11) is 0. The molecule has 0 aliphatic rings. The van der Waals surface area contributed by atoms with Gasteiger partial charge in [0.2, 0.25) is 11.8 Å². The summed E-state index contributed by atoms with van der Waals surface area (Å²) in [4.78, 5) is 28.9. The Morgan fingerprint density at radius 3 is 2.50 bits per heavy atom. The lowest BCUT2D eigenvalue weighted by Crippen LogP contribution is -3.11. The van der Waals surface area contributed by atoms with Crippen molar-refractivity contribution < 1.29 is 19.0 Å². The number of nitrogens with zero attached hydrogens (tertiary/aromatic N) is 2. The van der Waals surface area contributed by atoms with Gasteiger partial charge in [-0.1, -0.05) is 35.5 Å². The third kappa shape index (κ3) is 7.63. The number of rotatable bonds is 12. The lowest BCUT2D eigenvalue weighted by molar-refractivity contribution is -0.896. The molecular weight excluding hydrogens is 380 g/mol. The first-order chi connectivity index (χ1) is 14.4. The second kappa shape index (κ2) is 12.1. The highest BCUT2D eigenvalue weighted by atomic mass is 16.5. The number of aromatic nitrogens is 1. The largest absolute Gasteiger partial charge is 0.360 e. The second-order valence-electron chi connectivity index (χ2n) is 7.75. The third-order valence-electron chi connectivity index (χ3n) is 5.41.